The molecule has 1 heterocycles. The third-order valence-corrected chi connectivity index (χ3v) is 3.06. The molecule has 0 amide bonds. The number of nitrogens with zero attached hydrogens (tertiary/aromatic N) is 1. The van der Waals surface area contributed by atoms with Gasteiger partial charge in [0.2, 0.25) is 0 Å². The highest BCUT2D eigenvalue weighted by Crippen LogP contribution is 2.23. The molecule has 0 fully saturated rings. The number of aliphatic hydroxyl groups excluding tert-OH is 1. The average molecular weight is 253 g/mol. The maximum atomic E-state index is 10.4. The van der Waals surface area contributed by atoms with Gasteiger partial charge in [0.15, 0.2) is 5.58 Å². The molecule has 0 aliphatic carbocycles. The molecule has 0 bridgehead atoms. The van der Waals surface area contributed by atoms with Crippen molar-refractivity contribution in [2.75, 3.05) is 5.75 Å². The van der Waals surface area contributed by atoms with E-state index in [1.807, 2.05) is 18.2 Å². The minimum atomic E-state index is -1.02. The molecule has 6 heteroatoms. The summed E-state index contributed by atoms with van der Waals surface area (Å²) in [6.45, 7) is 0. The highest BCUT2D eigenvalue weighted by molar-refractivity contribution is 7.99. The van der Waals surface area contributed by atoms with E-state index >= 15 is 0 Å². The minimum Gasteiger partial charge on any atom is -0.481 e. The first-order valence-electron chi connectivity index (χ1n) is 5.03. The largest absolute Gasteiger partial charge is 0.481 e. The number of para-hydroxylation sites is 2. The summed E-state index contributed by atoms with van der Waals surface area (Å²) < 4.78 is 5.42. The van der Waals surface area contributed by atoms with Crippen LogP contribution in [-0.2, 0) is 4.79 Å². The van der Waals surface area contributed by atoms with Crippen molar-refractivity contribution in [1.29, 1.82) is 0 Å². The lowest BCUT2D eigenvalue weighted by atomic mass is 10.3. The molecule has 1 aromatic carbocycles. The normalized spacial score (nSPS) is 12.8. The number of hydrogen-bond donors (Lipinski definition) is 2. The molecule has 0 saturated carbocycles. The molecule has 90 valence electrons. The van der Waals surface area contributed by atoms with Crippen LogP contribution in [0.4, 0.5) is 0 Å². The van der Waals surface area contributed by atoms with E-state index < -0.39 is 12.1 Å². The third-order valence-electron chi connectivity index (χ3n) is 2.08. The number of aliphatic hydroxyl groups is 1. The second kappa shape index (κ2) is 5.20. The number of aromatic nitrogens is 1. The summed E-state index contributed by atoms with van der Waals surface area (Å²) in [5.41, 5.74) is 1.44. The van der Waals surface area contributed by atoms with E-state index in [9.17, 15) is 9.90 Å². The Balaban J connectivity index is 1.97. The van der Waals surface area contributed by atoms with Crippen molar-refractivity contribution in [3.63, 3.8) is 0 Å². The lowest BCUT2D eigenvalue weighted by Gasteiger charge is -2.04. The molecule has 5 nitrogen and oxygen atoms in total. The molecule has 0 aliphatic heterocycles. The van der Waals surface area contributed by atoms with Crippen LogP contribution in [0.5, 0.6) is 0 Å². The summed E-state index contributed by atoms with van der Waals surface area (Å²) in [6, 6.07) is 7.34. The van der Waals surface area contributed by atoms with Gasteiger partial charge >= 0.3 is 5.97 Å². The SMILES string of the molecule is O=C(O)CC(O)CSc1nc2ccccc2o1. The van der Waals surface area contributed by atoms with Gasteiger partial charge in [-0.05, 0) is 12.1 Å². The summed E-state index contributed by atoms with van der Waals surface area (Å²) >= 11 is 1.21. The summed E-state index contributed by atoms with van der Waals surface area (Å²) in [5, 5.41) is 18.3. The highest BCUT2D eigenvalue weighted by Gasteiger charge is 2.12. The number of aliphatic carboxylic acids is 1. The Morgan fingerprint density at radius 2 is 2.24 bits per heavy atom. The number of oxazole rings is 1. The molecule has 2 rings (SSSR count). The standard InChI is InChI=1S/C11H11NO4S/c13-7(5-10(14)15)6-17-11-12-8-3-1-2-4-9(8)16-11/h1-4,7,13H,5-6H2,(H,14,15). The van der Waals surface area contributed by atoms with Crippen LogP contribution < -0.4 is 0 Å². The van der Waals surface area contributed by atoms with Crippen molar-refractivity contribution in [2.24, 2.45) is 0 Å². The molecule has 0 radical (unpaired) electrons. The van der Waals surface area contributed by atoms with Crippen molar-refractivity contribution in [3.8, 4) is 0 Å². The number of carboxylic acids is 1. The molecule has 1 atom stereocenters. The number of thioether (sulfide) groups is 1. The van der Waals surface area contributed by atoms with Crippen molar-refractivity contribution in [1.82, 2.24) is 4.98 Å². The van der Waals surface area contributed by atoms with Crippen LogP contribution in [0.15, 0.2) is 33.9 Å². The predicted octanol–water partition coefficient (Wildman–Crippen LogP) is 1.76. The fraction of sp³-hybridized carbons (Fsp3) is 0.273. The fourth-order valence-electron chi connectivity index (χ4n) is 1.34. The topological polar surface area (TPSA) is 83.6 Å². The lowest BCUT2D eigenvalue weighted by molar-refractivity contribution is -0.138. The number of rotatable bonds is 5. The monoisotopic (exact) mass is 253 g/mol. The van der Waals surface area contributed by atoms with Crippen molar-refractivity contribution >= 4 is 28.8 Å². The second-order valence-electron chi connectivity index (χ2n) is 3.51. The van der Waals surface area contributed by atoms with E-state index in [-0.39, 0.29) is 12.2 Å². The van der Waals surface area contributed by atoms with Gasteiger partial charge in [0.25, 0.3) is 5.22 Å². The van der Waals surface area contributed by atoms with Gasteiger partial charge in [-0.15, -0.1) is 0 Å². The van der Waals surface area contributed by atoms with E-state index in [4.69, 9.17) is 9.52 Å². The zero-order chi connectivity index (χ0) is 12.3. The van der Waals surface area contributed by atoms with Gasteiger partial charge < -0.3 is 14.6 Å². The first kappa shape index (κ1) is 11.9. The number of fused-ring (bicyclic) bond motifs is 1. The fourth-order valence-corrected chi connectivity index (χ4v) is 2.11. The minimum absolute atomic E-state index is 0.249. The molecule has 0 aliphatic rings. The molecule has 1 aromatic heterocycles. The Labute approximate surface area is 101 Å². The number of carbonyl (C=O) groups is 1. The highest BCUT2D eigenvalue weighted by atomic mass is 32.2. The van der Waals surface area contributed by atoms with E-state index in [1.165, 1.54) is 11.8 Å². The quantitative estimate of drug-likeness (QED) is 0.790. The summed E-state index contributed by atoms with van der Waals surface area (Å²) in [4.78, 5) is 14.6. The van der Waals surface area contributed by atoms with Gasteiger partial charge in [-0.25, -0.2) is 4.98 Å². The summed E-state index contributed by atoms with van der Waals surface area (Å²) in [6.07, 6.45) is -1.17. The average Bonchev–Trinajstić information content (AvgIpc) is 2.68. The van der Waals surface area contributed by atoms with Crippen molar-refractivity contribution < 1.29 is 19.4 Å². The molecule has 17 heavy (non-hydrogen) atoms. The maximum Gasteiger partial charge on any atom is 0.306 e. The molecule has 2 aromatic rings. The van der Waals surface area contributed by atoms with Crippen LogP contribution in [0.25, 0.3) is 11.1 Å². The summed E-state index contributed by atoms with van der Waals surface area (Å²) in [7, 11) is 0. The van der Waals surface area contributed by atoms with Gasteiger partial charge in [0.05, 0.1) is 12.5 Å². The Hall–Kier alpha value is -1.53. The smallest absolute Gasteiger partial charge is 0.306 e. The van der Waals surface area contributed by atoms with Crippen LogP contribution in [0, 0.1) is 0 Å². The van der Waals surface area contributed by atoms with Crippen molar-refractivity contribution in [3.05, 3.63) is 24.3 Å². The Bertz CT molecular complexity index is 492. The van der Waals surface area contributed by atoms with Crippen LogP contribution in [0.3, 0.4) is 0 Å². The Morgan fingerprint density at radius 3 is 2.94 bits per heavy atom. The third kappa shape index (κ3) is 3.21. The summed E-state index contributed by atoms with van der Waals surface area (Å²) in [5.74, 6) is -0.769. The zero-order valence-corrected chi connectivity index (χ0v) is 9.68. The van der Waals surface area contributed by atoms with Gasteiger partial charge in [-0.1, -0.05) is 23.9 Å². The van der Waals surface area contributed by atoms with Gasteiger partial charge in [-0.3, -0.25) is 4.79 Å². The van der Waals surface area contributed by atoms with Gasteiger partial charge in [-0.2, -0.15) is 0 Å². The molecule has 2 N–H and O–H groups in total. The first-order valence-corrected chi connectivity index (χ1v) is 6.02. The maximum absolute atomic E-state index is 10.4. The zero-order valence-electron chi connectivity index (χ0n) is 8.87. The first-order chi connectivity index (χ1) is 8.15. The molecule has 0 spiro atoms. The van der Waals surface area contributed by atoms with E-state index in [1.54, 1.807) is 6.07 Å². The number of hydrogen-bond acceptors (Lipinski definition) is 5. The predicted molar refractivity (Wildman–Crippen MR) is 63.0 cm³/mol. The van der Waals surface area contributed by atoms with Crippen LogP contribution in [0.2, 0.25) is 0 Å². The Kier molecular flexibility index (Phi) is 3.65. The van der Waals surface area contributed by atoms with E-state index in [0.29, 0.717) is 10.8 Å². The number of benzene rings is 1. The molecule has 1 unspecified atom stereocenters. The molecular weight excluding hydrogens is 242 g/mol. The number of carboxylic acid groups (broad SMARTS) is 1. The van der Waals surface area contributed by atoms with Crippen molar-refractivity contribution in [2.45, 2.75) is 17.7 Å². The van der Waals surface area contributed by atoms with Gasteiger partial charge in [0.1, 0.15) is 5.52 Å². The van der Waals surface area contributed by atoms with E-state index in [0.717, 1.165) is 5.52 Å². The van der Waals surface area contributed by atoms with Gasteiger partial charge in [0, 0.05) is 5.75 Å². The Morgan fingerprint density at radius 1 is 1.47 bits per heavy atom. The second-order valence-corrected chi connectivity index (χ2v) is 4.48. The van der Waals surface area contributed by atoms with Crippen LogP contribution >= 0.6 is 11.8 Å². The molecular formula is C11H11NO4S. The van der Waals surface area contributed by atoms with E-state index in [2.05, 4.69) is 4.98 Å². The van der Waals surface area contributed by atoms with Crippen LogP contribution in [-0.4, -0.2) is 33.0 Å². The lowest BCUT2D eigenvalue weighted by Crippen LogP contribution is -2.15. The van der Waals surface area contributed by atoms with Crippen LogP contribution in [0.1, 0.15) is 6.42 Å². The molecule has 0 saturated heterocycles.